The van der Waals surface area contributed by atoms with Gasteiger partial charge in [0.2, 0.25) is 0 Å². The van der Waals surface area contributed by atoms with Gasteiger partial charge in [-0.25, -0.2) is 4.68 Å². The van der Waals surface area contributed by atoms with Crippen molar-refractivity contribution in [1.29, 1.82) is 0 Å². The molecule has 18 heavy (non-hydrogen) atoms. The zero-order valence-electron chi connectivity index (χ0n) is 9.69. The summed E-state index contributed by atoms with van der Waals surface area (Å²) in [6.45, 7) is 0. The van der Waals surface area contributed by atoms with Crippen molar-refractivity contribution < 1.29 is 0 Å². The summed E-state index contributed by atoms with van der Waals surface area (Å²) < 4.78 is 1.81. The largest absolute Gasteiger partial charge is 0.397 e. The molecule has 0 aliphatic heterocycles. The van der Waals surface area contributed by atoms with Gasteiger partial charge in [-0.2, -0.15) is 5.10 Å². The average Bonchev–Trinajstić information content (AvgIpc) is 2.90. The van der Waals surface area contributed by atoms with Crippen LogP contribution in [0.2, 0.25) is 0 Å². The number of nitrogen functional groups attached to an aromatic ring is 1. The summed E-state index contributed by atoms with van der Waals surface area (Å²) in [7, 11) is 0. The van der Waals surface area contributed by atoms with E-state index in [2.05, 4.69) is 10.1 Å². The lowest BCUT2D eigenvalue weighted by Gasteiger charge is -2.01. The summed E-state index contributed by atoms with van der Waals surface area (Å²) in [5, 5.41) is 4.33. The van der Waals surface area contributed by atoms with Crippen molar-refractivity contribution in [1.82, 2.24) is 14.8 Å². The molecule has 0 aliphatic rings. The molecule has 0 bridgehead atoms. The van der Waals surface area contributed by atoms with Gasteiger partial charge < -0.3 is 5.73 Å². The Hall–Kier alpha value is -2.62. The molecular formula is C14H12N4. The SMILES string of the molecule is Nc1cccnc1-c1cnn(-c2ccccc2)c1. The minimum absolute atomic E-state index is 0.658. The number of nitrogens with zero attached hydrogens (tertiary/aromatic N) is 3. The summed E-state index contributed by atoms with van der Waals surface area (Å²) in [6, 6.07) is 13.6. The number of pyridine rings is 1. The molecule has 88 valence electrons. The van der Waals surface area contributed by atoms with Crippen molar-refractivity contribution in [3.63, 3.8) is 0 Å². The maximum Gasteiger partial charge on any atom is 0.0962 e. The van der Waals surface area contributed by atoms with Crippen molar-refractivity contribution >= 4 is 5.69 Å². The molecule has 2 N–H and O–H groups in total. The Labute approximate surface area is 105 Å². The van der Waals surface area contributed by atoms with E-state index in [1.54, 1.807) is 12.4 Å². The van der Waals surface area contributed by atoms with E-state index in [9.17, 15) is 0 Å². The first kappa shape index (κ1) is 10.5. The van der Waals surface area contributed by atoms with Crippen LogP contribution in [0.4, 0.5) is 5.69 Å². The Balaban J connectivity index is 2.03. The Morgan fingerprint density at radius 2 is 1.83 bits per heavy atom. The predicted molar refractivity (Wildman–Crippen MR) is 71.2 cm³/mol. The van der Waals surface area contributed by atoms with Crippen LogP contribution < -0.4 is 5.73 Å². The van der Waals surface area contributed by atoms with E-state index in [4.69, 9.17) is 5.73 Å². The molecule has 3 rings (SSSR count). The van der Waals surface area contributed by atoms with E-state index in [1.165, 1.54) is 0 Å². The van der Waals surface area contributed by atoms with Crippen molar-refractivity contribution in [2.45, 2.75) is 0 Å². The molecule has 4 heteroatoms. The third-order valence-electron chi connectivity index (χ3n) is 2.72. The zero-order valence-corrected chi connectivity index (χ0v) is 9.69. The highest BCUT2D eigenvalue weighted by Gasteiger charge is 2.06. The van der Waals surface area contributed by atoms with Crippen molar-refractivity contribution in [2.75, 3.05) is 5.73 Å². The van der Waals surface area contributed by atoms with Gasteiger partial charge in [0.05, 0.1) is 23.3 Å². The molecule has 0 aliphatic carbocycles. The number of para-hydroxylation sites is 1. The van der Waals surface area contributed by atoms with Crippen LogP contribution in [-0.2, 0) is 0 Å². The lowest BCUT2D eigenvalue weighted by molar-refractivity contribution is 0.881. The highest BCUT2D eigenvalue weighted by Crippen LogP contribution is 2.22. The van der Waals surface area contributed by atoms with Gasteiger partial charge in [0.25, 0.3) is 0 Å². The van der Waals surface area contributed by atoms with E-state index in [0.717, 1.165) is 16.9 Å². The van der Waals surface area contributed by atoms with Gasteiger partial charge in [0.15, 0.2) is 0 Å². The van der Waals surface area contributed by atoms with Gasteiger partial charge in [-0.3, -0.25) is 4.98 Å². The van der Waals surface area contributed by atoms with Gasteiger partial charge >= 0.3 is 0 Å². The normalized spacial score (nSPS) is 10.4. The molecule has 4 nitrogen and oxygen atoms in total. The number of aromatic nitrogens is 3. The number of hydrogen-bond acceptors (Lipinski definition) is 3. The Morgan fingerprint density at radius 3 is 2.61 bits per heavy atom. The fourth-order valence-electron chi connectivity index (χ4n) is 1.83. The number of nitrogens with two attached hydrogens (primary N) is 1. The van der Waals surface area contributed by atoms with Crippen LogP contribution in [0.15, 0.2) is 61.1 Å². The first-order valence-electron chi connectivity index (χ1n) is 5.65. The molecule has 2 heterocycles. The average molecular weight is 236 g/mol. The summed E-state index contributed by atoms with van der Waals surface area (Å²) in [5.74, 6) is 0. The van der Waals surface area contributed by atoms with Crippen molar-refractivity contribution in [3.05, 3.63) is 61.1 Å². The van der Waals surface area contributed by atoms with Crippen LogP contribution in [0.3, 0.4) is 0 Å². The van der Waals surface area contributed by atoms with Crippen LogP contribution in [0.1, 0.15) is 0 Å². The molecular weight excluding hydrogens is 224 g/mol. The highest BCUT2D eigenvalue weighted by atomic mass is 15.3. The maximum atomic E-state index is 5.90. The lowest BCUT2D eigenvalue weighted by Crippen LogP contribution is -1.93. The Bertz CT molecular complexity index is 658. The molecule has 0 saturated heterocycles. The smallest absolute Gasteiger partial charge is 0.0962 e. The summed E-state index contributed by atoms with van der Waals surface area (Å²) in [6.07, 6.45) is 5.42. The van der Waals surface area contributed by atoms with Crippen LogP contribution in [0, 0.1) is 0 Å². The van der Waals surface area contributed by atoms with E-state index in [0.29, 0.717) is 5.69 Å². The fourth-order valence-corrected chi connectivity index (χ4v) is 1.83. The van der Waals surface area contributed by atoms with Gasteiger partial charge in [-0.05, 0) is 24.3 Å². The molecule has 0 spiro atoms. The number of anilines is 1. The highest BCUT2D eigenvalue weighted by molar-refractivity contribution is 5.71. The zero-order chi connectivity index (χ0) is 12.4. The molecule has 0 unspecified atom stereocenters. The molecule has 0 saturated carbocycles. The van der Waals surface area contributed by atoms with Crippen LogP contribution >= 0.6 is 0 Å². The molecule has 0 fully saturated rings. The Kier molecular flexibility index (Phi) is 2.53. The third kappa shape index (κ3) is 1.84. The minimum atomic E-state index is 0.658. The van der Waals surface area contributed by atoms with Crippen LogP contribution in [0.5, 0.6) is 0 Å². The van der Waals surface area contributed by atoms with Gasteiger partial charge in [-0.1, -0.05) is 18.2 Å². The van der Waals surface area contributed by atoms with Crippen molar-refractivity contribution in [3.8, 4) is 16.9 Å². The van der Waals surface area contributed by atoms with Crippen LogP contribution in [0.25, 0.3) is 16.9 Å². The molecule has 0 atom stereocenters. The number of benzene rings is 1. The van der Waals surface area contributed by atoms with Gasteiger partial charge in [-0.15, -0.1) is 0 Å². The summed E-state index contributed by atoms with van der Waals surface area (Å²) >= 11 is 0. The molecule has 3 aromatic rings. The number of rotatable bonds is 2. The summed E-state index contributed by atoms with van der Waals surface area (Å²) in [5.41, 5.74) is 9.25. The maximum absolute atomic E-state index is 5.90. The fraction of sp³-hybridized carbons (Fsp3) is 0. The predicted octanol–water partition coefficient (Wildman–Crippen LogP) is 2.52. The Morgan fingerprint density at radius 1 is 1.00 bits per heavy atom. The van der Waals surface area contributed by atoms with E-state index >= 15 is 0 Å². The monoisotopic (exact) mass is 236 g/mol. The molecule has 0 radical (unpaired) electrons. The van der Waals surface area contributed by atoms with E-state index in [-0.39, 0.29) is 0 Å². The number of hydrogen-bond donors (Lipinski definition) is 1. The van der Waals surface area contributed by atoms with Crippen molar-refractivity contribution in [2.24, 2.45) is 0 Å². The van der Waals surface area contributed by atoms with E-state index < -0.39 is 0 Å². The second-order valence-corrected chi connectivity index (χ2v) is 3.95. The second-order valence-electron chi connectivity index (χ2n) is 3.95. The first-order valence-corrected chi connectivity index (χ1v) is 5.65. The third-order valence-corrected chi connectivity index (χ3v) is 2.72. The van der Waals surface area contributed by atoms with E-state index in [1.807, 2.05) is 53.3 Å². The summed E-state index contributed by atoms with van der Waals surface area (Å²) in [4.78, 5) is 4.28. The topological polar surface area (TPSA) is 56.7 Å². The van der Waals surface area contributed by atoms with Gasteiger partial charge in [0, 0.05) is 18.0 Å². The lowest BCUT2D eigenvalue weighted by atomic mass is 10.2. The molecule has 1 aromatic carbocycles. The van der Waals surface area contributed by atoms with Crippen LogP contribution in [-0.4, -0.2) is 14.8 Å². The molecule has 2 aromatic heterocycles. The minimum Gasteiger partial charge on any atom is -0.397 e. The molecule has 0 amide bonds. The standard InChI is InChI=1S/C14H12N4/c15-13-7-4-8-16-14(13)11-9-17-18(10-11)12-5-2-1-3-6-12/h1-10H,15H2. The van der Waals surface area contributed by atoms with Gasteiger partial charge in [0.1, 0.15) is 0 Å². The second kappa shape index (κ2) is 4.33. The quantitative estimate of drug-likeness (QED) is 0.743. The first-order chi connectivity index (χ1) is 8.84.